The highest BCUT2D eigenvalue weighted by atomic mass is 15.2. The average molecular weight is 285 g/mol. The van der Waals surface area contributed by atoms with Crippen LogP contribution in [-0.2, 0) is 6.54 Å². The third-order valence-corrected chi connectivity index (χ3v) is 4.60. The lowest BCUT2D eigenvalue weighted by Gasteiger charge is -2.30. The van der Waals surface area contributed by atoms with Crippen molar-refractivity contribution in [2.75, 3.05) is 45.8 Å². The van der Waals surface area contributed by atoms with Crippen LogP contribution < -0.4 is 5.32 Å². The Morgan fingerprint density at radius 2 is 1.76 bits per heavy atom. The maximum absolute atomic E-state index is 3.42. The molecule has 2 aliphatic rings. The first kappa shape index (κ1) is 14.8. The van der Waals surface area contributed by atoms with Crippen molar-refractivity contribution in [3.63, 3.8) is 0 Å². The van der Waals surface area contributed by atoms with E-state index in [1.165, 1.54) is 44.6 Å². The minimum absolute atomic E-state index is 1.09. The molecule has 2 aliphatic heterocycles. The Hall–Kier alpha value is -1.16. The van der Waals surface area contributed by atoms with Crippen LogP contribution in [0.2, 0.25) is 0 Å². The smallest absolute Gasteiger partial charge is 0.0237 e. The summed E-state index contributed by atoms with van der Waals surface area (Å²) in [7, 11) is 0. The van der Waals surface area contributed by atoms with Crippen LogP contribution in [0, 0.1) is 0 Å². The minimum atomic E-state index is 1.09. The molecule has 3 heteroatoms. The molecule has 1 aromatic rings. The molecule has 1 aromatic carbocycles. The van der Waals surface area contributed by atoms with E-state index in [9.17, 15) is 0 Å². The summed E-state index contributed by atoms with van der Waals surface area (Å²) in [4.78, 5) is 5.14. The molecular formula is C18H27N3. The Morgan fingerprint density at radius 3 is 2.48 bits per heavy atom. The van der Waals surface area contributed by atoms with Crippen LogP contribution in [0.15, 0.2) is 42.0 Å². The standard InChI is InChI=1S/C18H27N3/c1-2-4-18(5-3-1)16-21-12-7-17(8-13-21)6-11-20-14-9-19-10-15-20/h1-5,7,19H,6,8-16H2. The second kappa shape index (κ2) is 7.74. The molecule has 0 saturated carbocycles. The van der Waals surface area contributed by atoms with Gasteiger partial charge >= 0.3 is 0 Å². The van der Waals surface area contributed by atoms with Crippen molar-refractivity contribution in [3.05, 3.63) is 47.5 Å². The number of nitrogens with one attached hydrogen (secondary N) is 1. The van der Waals surface area contributed by atoms with E-state index in [1.54, 1.807) is 5.57 Å². The summed E-state index contributed by atoms with van der Waals surface area (Å²) in [6, 6.07) is 10.8. The van der Waals surface area contributed by atoms with Crippen molar-refractivity contribution < 1.29 is 0 Å². The van der Waals surface area contributed by atoms with Gasteiger partial charge in [0.25, 0.3) is 0 Å². The van der Waals surface area contributed by atoms with E-state index in [1.807, 2.05) is 0 Å². The minimum Gasteiger partial charge on any atom is -0.314 e. The highest BCUT2D eigenvalue weighted by molar-refractivity contribution is 5.15. The number of hydrogen-bond acceptors (Lipinski definition) is 3. The Labute approximate surface area is 128 Å². The molecule has 114 valence electrons. The van der Waals surface area contributed by atoms with Gasteiger partial charge in [-0.05, 0) is 18.4 Å². The molecule has 2 heterocycles. The maximum Gasteiger partial charge on any atom is 0.0237 e. The summed E-state index contributed by atoms with van der Waals surface area (Å²) >= 11 is 0. The SMILES string of the molecule is C1=C(CCN2CCNCC2)CCN(Cc2ccccc2)C1. The molecule has 1 N–H and O–H groups in total. The fraction of sp³-hybridized carbons (Fsp3) is 0.556. The van der Waals surface area contributed by atoms with Crippen molar-refractivity contribution in [3.8, 4) is 0 Å². The van der Waals surface area contributed by atoms with Gasteiger partial charge in [-0.25, -0.2) is 0 Å². The predicted octanol–water partition coefficient (Wildman–Crippen LogP) is 2.11. The molecule has 1 saturated heterocycles. The van der Waals surface area contributed by atoms with Crippen LogP contribution in [-0.4, -0.2) is 55.6 Å². The molecular weight excluding hydrogens is 258 g/mol. The summed E-state index contributed by atoms with van der Waals surface area (Å²) in [5.74, 6) is 0. The zero-order valence-electron chi connectivity index (χ0n) is 12.9. The van der Waals surface area contributed by atoms with E-state index in [-0.39, 0.29) is 0 Å². The number of rotatable bonds is 5. The predicted molar refractivity (Wildman–Crippen MR) is 88.3 cm³/mol. The molecule has 3 nitrogen and oxygen atoms in total. The zero-order chi connectivity index (χ0) is 14.3. The summed E-state index contributed by atoms with van der Waals surface area (Å²) in [6.07, 6.45) is 4.98. The van der Waals surface area contributed by atoms with Gasteiger partial charge in [-0.15, -0.1) is 0 Å². The van der Waals surface area contributed by atoms with Crippen LogP contribution in [0.5, 0.6) is 0 Å². The van der Waals surface area contributed by atoms with Crippen molar-refractivity contribution in [1.29, 1.82) is 0 Å². The summed E-state index contributed by atoms with van der Waals surface area (Å²) in [6.45, 7) is 9.40. The Balaban J connectivity index is 1.41. The molecule has 0 radical (unpaired) electrons. The lowest BCUT2D eigenvalue weighted by atomic mass is 10.0. The Morgan fingerprint density at radius 1 is 0.952 bits per heavy atom. The van der Waals surface area contributed by atoms with E-state index in [0.717, 1.165) is 26.2 Å². The van der Waals surface area contributed by atoms with Gasteiger partial charge in [-0.2, -0.15) is 0 Å². The van der Waals surface area contributed by atoms with Crippen molar-refractivity contribution in [2.24, 2.45) is 0 Å². The van der Waals surface area contributed by atoms with Gasteiger partial charge in [0, 0.05) is 52.4 Å². The molecule has 21 heavy (non-hydrogen) atoms. The normalized spacial score (nSPS) is 21.2. The Kier molecular flexibility index (Phi) is 5.44. The van der Waals surface area contributed by atoms with Crippen molar-refractivity contribution in [2.45, 2.75) is 19.4 Å². The highest BCUT2D eigenvalue weighted by Crippen LogP contribution is 2.17. The van der Waals surface area contributed by atoms with E-state index >= 15 is 0 Å². The number of benzene rings is 1. The van der Waals surface area contributed by atoms with Gasteiger partial charge in [0.15, 0.2) is 0 Å². The van der Waals surface area contributed by atoms with Crippen LogP contribution >= 0.6 is 0 Å². The first-order chi connectivity index (χ1) is 10.4. The van der Waals surface area contributed by atoms with Crippen LogP contribution in [0.4, 0.5) is 0 Å². The van der Waals surface area contributed by atoms with Crippen molar-refractivity contribution >= 4 is 0 Å². The van der Waals surface area contributed by atoms with Crippen LogP contribution in [0.1, 0.15) is 18.4 Å². The largest absolute Gasteiger partial charge is 0.314 e. The lowest BCUT2D eigenvalue weighted by Crippen LogP contribution is -2.43. The molecule has 3 rings (SSSR count). The molecule has 0 bridgehead atoms. The van der Waals surface area contributed by atoms with Gasteiger partial charge in [0.2, 0.25) is 0 Å². The third kappa shape index (κ3) is 4.67. The maximum atomic E-state index is 3.42. The van der Waals surface area contributed by atoms with E-state index < -0.39 is 0 Å². The van der Waals surface area contributed by atoms with Crippen molar-refractivity contribution in [1.82, 2.24) is 15.1 Å². The first-order valence-electron chi connectivity index (χ1n) is 8.27. The molecule has 0 amide bonds. The van der Waals surface area contributed by atoms with E-state index in [4.69, 9.17) is 0 Å². The fourth-order valence-corrected chi connectivity index (χ4v) is 3.20. The fourth-order valence-electron chi connectivity index (χ4n) is 3.20. The van der Waals surface area contributed by atoms with Gasteiger partial charge in [0.1, 0.15) is 0 Å². The number of piperazine rings is 1. The lowest BCUT2D eigenvalue weighted by molar-refractivity contribution is 0.238. The molecule has 0 unspecified atom stereocenters. The highest BCUT2D eigenvalue weighted by Gasteiger charge is 2.14. The van der Waals surface area contributed by atoms with Crippen LogP contribution in [0.25, 0.3) is 0 Å². The topological polar surface area (TPSA) is 18.5 Å². The number of hydrogen-bond donors (Lipinski definition) is 1. The zero-order valence-corrected chi connectivity index (χ0v) is 12.9. The second-order valence-electron chi connectivity index (χ2n) is 6.17. The molecule has 0 atom stereocenters. The Bertz CT molecular complexity index is 449. The van der Waals surface area contributed by atoms with E-state index in [0.29, 0.717) is 0 Å². The average Bonchev–Trinajstić information content (AvgIpc) is 2.56. The quantitative estimate of drug-likeness (QED) is 0.836. The molecule has 0 aliphatic carbocycles. The van der Waals surface area contributed by atoms with Gasteiger partial charge < -0.3 is 10.2 Å². The third-order valence-electron chi connectivity index (χ3n) is 4.60. The summed E-state index contributed by atoms with van der Waals surface area (Å²) in [5, 5.41) is 3.42. The second-order valence-corrected chi connectivity index (χ2v) is 6.17. The van der Waals surface area contributed by atoms with Gasteiger partial charge in [-0.3, -0.25) is 4.90 Å². The van der Waals surface area contributed by atoms with E-state index in [2.05, 4.69) is 51.5 Å². The summed E-state index contributed by atoms with van der Waals surface area (Å²) in [5.41, 5.74) is 3.09. The summed E-state index contributed by atoms with van der Waals surface area (Å²) < 4.78 is 0. The molecule has 0 spiro atoms. The molecule has 1 fully saturated rings. The monoisotopic (exact) mass is 285 g/mol. The van der Waals surface area contributed by atoms with Gasteiger partial charge in [0.05, 0.1) is 0 Å². The number of nitrogens with zero attached hydrogens (tertiary/aromatic N) is 2. The van der Waals surface area contributed by atoms with Gasteiger partial charge in [-0.1, -0.05) is 42.0 Å². The first-order valence-corrected chi connectivity index (χ1v) is 8.27. The molecule has 0 aromatic heterocycles. The van der Waals surface area contributed by atoms with Crippen LogP contribution in [0.3, 0.4) is 0 Å².